The van der Waals surface area contributed by atoms with Gasteiger partial charge in [0.2, 0.25) is 0 Å². The molecule has 1 saturated heterocycles. The Labute approximate surface area is 243 Å². The van der Waals surface area contributed by atoms with Crippen LogP contribution >= 0.6 is 0 Å². The van der Waals surface area contributed by atoms with Crippen LogP contribution in [0.25, 0.3) is 0 Å². The highest BCUT2D eigenvalue weighted by atomic mass is 16.5. The number of hydrogen-bond donors (Lipinski definition) is 2. The van der Waals surface area contributed by atoms with Crippen LogP contribution in [0.4, 0.5) is 5.69 Å². The van der Waals surface area contributed by atoms with Crippen LogP contribution in [0.5, 0.6) is 11.5 Å². The average molecular weight is 565 g/mol. The van der Waals surface area contributed by atoms with Crippen molar-refractivity contribution in [3.8, 4) is 11.5 Å². The summed E-state index contributed by atoms with van der Waals surface area (Å²) in [5.41, 5.74) is 3.57. The smallest absolute Gasteiger partial charge is 0.151 e. The lowest BCUT2D eigenvalue weighted by Crippen LogP contribution is -2.47. The molecule has 10 nitrogen and oxygen atoms in total. The number of piperidine rings is 1. The van der Waals surface area contributed by atoms with Crippen molar-refractivity contribution in [2.24, 2.45) is 5.92 Å². The zero-order chi connectivity index (χ0) is 28.6. The maximum absolute atomic E-state index is 6.68. The number of rotatable bonds is 13. The molecule has 5 rings (SSSR count). The van der Waals surface area contributed by atoms with Gasteiger partial charge >= 0.3 is 0 Å². The first-order valence-corrected chi connectivity index (χ1v) is 14.8. The normalized spacial score (nSPS) is 21.4. The monoisotopic (exact) mass is 564 g/mol. The molecule has 2 aliphatic heterocycles. The molecule has 3 aromatic rings. The number of aromatic amines is 1. The number of anilines is 1. The zero-order valence-electron chi connectivity index (χ0n) is 24.7. The average Bonchev–Trinajstić information content (AvgIpc) is 3.54. The number of fused-ring (bicyclic) bond motifs is 1. The molecule has 222 valence electrons. The third kappa shape index (κ3) is 7.36. The summed E-state index contributed by atoms with van der Waals surface area (Å²) in [7, 11) is 3.45. The van der Waals surface area contributed by atoms with Crippen molar-refractivity contribution in [3.05, 3.63) is 59.4 Å². The summed E-state index contributed by atoms with van der Waals surface area (Å²) < 4.78 is 23.3. The van der Waals surface area contributed by atoms with E-state index < -0.39 is 0 Å². The van der Waals surface area contributed by atoms with E-state index in [9.17, 15) is 0 Å². The molecule has 0 spiro atoms. The predicted molar refractivity (Wildman–Crippen MR) is 158 cm³/mol. The summed E-state index contributed by atoms with van der Waals surface area (Å²) in [4.78, 5) is 2.39. The molecule has 10 heteroatoms. The Hall–Kier alpha value is -3.21. The molecule has 1 aromatic heterocycles. The third-order valence-electron chi connectivity index (χ3n) is 8.42. The largest absolute Gasteiger partial charge is 0.497 e. The molecule has 0 aliphatic carbocycles. The first-order chi connectivity index (χ1) is 20.1. The lowest BCUT2D eigenvalue weighted by atomic mass is 9.79. The number of hydrogen-bond acceptors (Lipinski definition) is 9. The van der Waals surface area contributed by atoms with Gasteiger partial charge in [-0.3, -0.25) is 0 Å². The van der Waals surface area contributed by atoms with E-state index in [4.69, 9.17) is 18.9 Å². The van der Waals surface area contributed by atoms with Crippen LogP contribution in [0.1, 0.15) is 61.9 Å². The van der Waals surface area contributed by atoms with Gasteiger partial charge in [0.05, 0.1) is 32.1 Å². The molecular formula is C31H44N6O4. The van der Waals surface area contributed by atoms with Crippen molar-refractivity contribution in [1.29, 1.82) is 0 Å². The zero-order valence-corrected chi connectivity index (χ0v) is 24.7. The van der Waals surface area contributed by atoms with Crippen molar-refractivity contribution in [2.45, 2.75) is 63.7 Å². The highest BCUT2D eigenvalue weighted by molar-refractivity contribution is 5.61. The summed E-state index contributed by atoms with van der Waals surface area (Å²) in [5, 5.41) is 18.7. The lowest BCUT2D eigenvalue weighted by molar-refractivity contribution is 0.00135. The Bertz CT molecular complexity index is 1210. The van der Waals surface area contributed by atoms with Gasteiger partial charge in [0.25, 0.3) is 0 Å². The molecule has 0 saturated carbocycles. The van der Waals surface area contributed by atoms with Gasteiger partial charge in [-0.2, -0.15) is 0 Å². The molecule has 41 heavy (non-hydrogen) atoms. The number of H-pyrrole nitrogens is 1. The number of benzene rings is 2. The minimum Gasteiger partial charge on any atom is -0.497 e. The number of nitrogens with zero attached hydrogens (tertiary/aromatic N) is 4. The maximum atomic E-state index is 6.68. The second-order valence-corrected chi connectivity index (χ2v) is 11.4. The van der Waals surface area contributed by atoms with Crippen LogP contribution in [0, 0.1) is 5.92 Å². The van der Waals surface area contributed by atoms with Gasteiger partial charge in [-0.15, -0.1) is 5.10 Å². The minimum absolute atomic E-state index is 0.0363. The van der Waals surface area contributed by atoms with Crippen LogP contribution < -0.4 is 19.7 Å². The quantitative estimate of drug-likeness (QED) is 0.294. The maximum Gasteiger partial charge on any atom is 0.151 e. The number of aromatic nitrogens is 4. The summed E-state index contributed by atoms with van der Waals surface area (Å²) in [6.45, 7) is 9.07. The molecule has 1 unspecified atom stereocenters. The van der Waals surface area contributed by atoms with Gasteiger partial charge in [-0.25, -0.2) is 5.10 Å². The molecule has 2 aliphatic rings. The van der Waals surface area contributed by atoms with Crippen LogP contribution in [0.15, 0.2) is 42.5 Å². The molecule has 0 amide bonds. The summed E-state index contributed by atoms with van der Waals surface area (Å²) in [5.74, 6) is 3.58. The van der Waals surface area contributed by atoms with E-state index in [-0.39, 0.29) is 17.9 Å². The van der Waals surface area contributed by atoms with Crippen molar-refractivity contribution in [2.75, 3.05) is 52.0 Å². The van der Waals surface area contributed by atoms with E-state index in [1.165, 1.54) is 5.56 Å². The highest BCUT2D eigenvalue weighted by Gasteiger charge is 2.35. The molecule has 1 fully saturated rings. The topological polar surface area (TPSA) is 107 Å². The van der Waals surface area contributed by atoms with Crippen molar-refractivity contribution < 1.29 is 18.9 Å². The fourth-order valence-electron chi connectivity index (χ4n) is 6.10. The van der Waals surface area contributed by atoms with Gasteiger partial charge in [-0.05, 0) is 71.0 Å². The predicted octanol–water partition coefficient (Wildman–Crippen LogP) is 4.30. The summed E-state index contributed by atoms with van der Waals surface area (Å²) in [6, 6.07) is 15.2. The number of ether oxygens (including phenoxy) is 4. The van der Waals surface area contributed by atoms with Crippen LogP contribution in [0.2, 0.25) is 0 Å². The molecule has 2 aromatic carbocycles. The second-order valence-electron chi connectivity index (χ2n) is 11.4. The Kier molecular flexibility index (Phi) is 10.1. The summed E-state index contributed by atoms with van der Waals surface area (Å²) in [6.07, 6.45) is 2.94. The third-order valence-corrected chi connectivity index (χ3v) is 8.42. The number of methoxy groups -OCH3 is 2. The van der Waals surface area contributed by atoms with Gasteiger partial charge in [-0.1, -0.05) is 32.0 Å². The van der Waals surface area contributed by atoms with E-state index in [0.717, 1.165) is 74.1 Å². The Morgan fingerprint density at radius 3 is 2.71 bits per heavy atom. The SMILES string of the molecule is COCCCN1CCOc2ccc(CO[C@H]3CN[C@@H](CC(c4nnn[nH]4)C(C)C)C[C@@H]3c3ccc(OC)cc3)cc21. The van der Waals surface area contributed by atoms with Crippen LogP contribution in [-0.2, 0) is 16.1 Å². The fraction of sp³-hybridized carbons (Fsp3) is 0.581. The van der Waals surface area contributed by atoms with E-state index in [2.05, 4.69) is 75.0 Å². The Balaban J connectivity index is 1.29. The van der Waals surface area contributed by atoms with Gasteiger partial charge in [0, 0.05) is 44.7 Å². The van der Waals surface area contributed by atoms with Crippen molar-refractivity contribution in [3.63, 3.8) is 0 Å². The Morgan fingerprint density at radius 1 is 1.12 bits per heavy atom. The number of nitrogens with one attached hydrogen (secondary N) is 2. The van der Waals surface area contributed by atoms with Gasteiger partial charge < -0.3 is 29.2 Å². The van der Waals surface area contributed by atoms with E-state index in [1.54, 1.807) is 14.2 Å². The van der Waals surface area contributed by atoms with Crippen LogP contribution in [-0.4, -0.2) is 79.8 Å². The second kappa shape index (κ2) is 14.1. The van der Waals surface area contributed by atoms with Crippen LogP contribution in [0.3, 0.4) is 0 Å². The van der Waals surface area contributed by atoms with Crippen molar-refractivity contribution in [1.82, 2.24) is 25.9 Å². The lowest BCUT2D eigenvalue weighted by Gasteiger charge is -2.39. The first kappa shape index (κ1) is 29.3. The molecule has 0 bridgehead atoms. The molecule has 4 atom stereocenters. The molecule has 3 heterocycles. The van der Waals surface area contributed by atoms with E-state index in [0.29, 0.717) is 25.2 Å². The van der Waals surface area contributed by atoms with Crippen molar-refractivity contribution >= 4 is 5.69 Å². The van der Waals surface area contributed by atoms with E-state index in [1.807, 2.05) is 12.1 Å². The standard InChI is InChI=1S/C31H44N6O4/c1-21(2)26(31-33-35-36-34-31)17-24-18-27(23-7-9-25(39-4)10-8-23)30(19-32-24)41-20-22-6-11-29-28(16-22)37(13-15-40-29)12-5-14-38-3/h6-11,16,21,24,26-27,30,32H,5,12-15,17-20H2,1-4H3,(H,33,34,35,36)/t24-,26?,27+,30-/m0/s1. The first-order valence-electron chi connectivity index (χ1n) is 14.8. The number of tetrazole rings is 1. The highest BCUT2D eigenvalue weighted by Crippen LogP contribution is 2.37. The summed E-state index contributed by atoms with van der Waals surface area (Å²) >= 11 is 0. The molecule has 0 radical (unpaired) electrons. The molecule has 2 N–H and O–H groups in total. The van der Waals surface area contributed by atoms with E-state index >= 15 is 0 Å². The fourth-order valence-corrected chi connectivity index (χ4v) is 6.10. The molecular weight excluding hydrogens is 520 g/mol. The Morgan fingerprint density at radius 2 is 1.98 bits per heavy atom. The minimum atomic E-state index is 0.0363. The van der Waals surface area contributed by atoms with Gasteiger partial charge in [0.15, 0.2) is 5.82 Å². The van der Waals surface area contributed by atoms with Gasteiger partial charge in [0.1, 0.15) is 18.1 Å².